The van der Waals surface area contributed by atoms with Crippen molar-refractivity contribution in [2.45, 2.75) is 90.4 Å². The van der Waals surface area contributed by atoms with Crippen LogP contribution in [0, 0.1) is 18.8 Å². The highest BCUT2D eigenvalue weighted by atomic mass is 16.2. The lowest BCUT2D eigenvalue weighted by Gasteiger charge is -2.32. The lowest BCUT2D eigenvalue weighted by Crippen LogP contribution is -2.34. The molecule has 42 heavy (non-hydrogen) atoms. The fourth-order valence-corrected chi connectivity index (χ4v) is 6.51. The monoisotopic (exact) mass is 569 g/mol. The second-order valence-corrected chi connectivity index (χ2v) is 13.4. The molecule has 1 aliphatic carbocycles. The maximum Gasteiger partial charge on any atom is 0.324 e. The average Bonchev–Trinajstić information content (AvgIpc) is 3.39. The summed E-state index contributed by atoms with van der Waals surface area (Å²) in [5, 5.41) is 14.3. The molecule has 2 amide bonds. The smallest absolute Gasteiger partial charge is 0.317 e. The maximum absolute atomic E-state index is 13.8. The van der Waals surface area contributed by atoms with Crippen LogP contribution in [-0.2, 0) is 10.2 Å². The van der Waals surface area contributed by atoms with E-state index >= 15 is 0 Å². The number of amides is 2. The van der Waals surface area contributed by atoms with Gasteiger partial charge in [0.25, 0.3) is 0 Å². The van der Waals surface area contributed by atoms with Crippen LogP contribution in [-0.4, -0.2) is 34.7 Å². The Morgan fingerprint density at radius 3 is 2.36 bits per heavy atom. The Hall–Kier alpha value is -3.45. The Labute approximate surface area is 250 Å². The summed E-state index contributed by atoms with van der Waals surface area (Å²) in [6.07, 6.45) is 8.78. The van der Waals surface area contributed by atoms with Gasteiger partial charge in [0.2, 0.25) is 0 Å². The molecule has 2 heterocycles. The number of aryl methyl sites for hydroxylation is 1. The normalized spacial score (nSPS) is 17.5. The summed E-state index contributed by atoms with van der Waals surface area (Å²) in [5.74, 6) is 1.68. The molecule has 2 aromatic carbocycles. The van der Waals surface area contributed by atoms with E-state index in [2.05, 4.69) is 42.8 Å². The van der Waals surface area contributed by atoms with E-state index in [-0.39, 0.29) is 17.4 Å². The van der Waals surface area contributed by atoms with Gasteiger partial charge in [-0.1, -0.05) is 82.7 Å². The number of nitrogens with zero attached hydrogens (tertiary/aromatic N) is 2. The number of aromatic nitrogens is 2. The summed E-state index contributed by atoms with van der Waals surface area (Å²) in [7, 11) is 0. The van der Waals surface area contributed by atoms with Crippen LogP contribution in [0.2, 0.25) is 0 Å². The molecule has 7 nitrogen and oxygen atoms in total. The fourth-order valence-electron chi connectivity index (χ4n) is 6.51. The number of piperidine rings is 1. The van der Waals surface area contributed by atoms with Gasteiger partial charge in [0, 0.05) is 29.5 Å². The zero-order chi connectivity index (χ0) is 29.7. The SMILES string of the molecule is Cc1ccc(-n2nc(C(C)(C)C)cc2NC(=O)Nc2cccc(C(C(=O)CC3CCCCC3)C3CCNCC3)c2)cc1. The maximum atomic E-state index is 13.8. The predicted molar refractivity (Wildman–Crippen MR) is 171 cm³/mol. The van der Waals surface area contributed by atoms with Crippen molar-refractivity contribution in [3.63, 3.8) is 0 Å². The number of Topliss-reactive ketones (excluding diaryl/α,β-unsaturated/α-hetero) is 1. The first-order valence-corrected chi connectivity index (χ1v) is 15.8. The van der Waals surface area contributed by atoms with Crippen molar-refractivity contribution < 1.29 is 9.59 Å². The number of nitrogens with one attached hydrogen (secondary N) is 3. The van der Waals surface area contributed by atoms with E-state index < -0.39 is 0 Å². The minimum Gasteiger partial charge on any atom is -0.317 e. The molecule has 0 radical (unpaired) electrons. The van der Waals surface area contributed by atoms with Gasteiger partial charge in [-0.15, -0.1) is 0 Å². The summed E-state index contributed by atoms with van der Waals surface area (Å²) in [4.78, 5) is 27.2. The van der Waals surface area contributed by atoms with Crippen molar-refractivity contribution in [3.05, 3.63) is 71.4 Å². The third-order valence-electron chi connectivity index (χ3n) is 8.92. The number of benzene rings is 2. The molecule has 5 rings (SSSR count). The highest BCUT2D eigenvalue weighted by molar-refractivity contribution is 5.99. The number of carbonyl (C=O) groups excluding carboxylic acids is 2. The number of urea groups is 1. The molecule has 1 aliphatic heterocycles. The Kier molecular flexibility index (Phi) is 9.47. The summed E-state index contributed by atoms with van der Waals surface area (Å²) >= 11 is 0. The molecule has 2 fully saturated rings. The van der Waals surface area contributed by atoms with E-state index in [1.165, 1.54) is 32.1 Å². The van der Waals surface area contributed by atoms with Crippen LogP contribution in [0.25, 0.3) is 5.69 Å². The first-order chi connectivity index (χ1) is 20.2. The molecule has 1 saturated carbocycles. The molecule has 3 aromatic rings. The Balaban J connectivity index is 1.35. The molecule has 1 aromatic heterocycles. The molecule has 0 spiro atoms. The lowest BCUT2D eigenvalue weighted by molar-refractivity contribution is -0.123. The second kappa shape index (κ2) is 13.2. The van der Waals surface area contributed by atoms with Gasteiger partial charge in [-0.25, -0.2) is 9.48 Å². The van der Waals surface area contributed by atoms with Gasteiger partial charge < -0.3 is 10.6 Å². The van der Waals surface area contributed by atoms with Crippen LogP contribution >= 0.6 is 0 Å². The van der Waals surface area contributed by atoms with Crippen molar-refractivity contribution in [1.29, 1.82) is 0 Å². The van der Waals surface area contributed by atoms with Crippen molar-refractivity contribution >= 4 is 23.3 Å². The number of carbonyl (C=O) groups is 2. The van der Waals surface area contributed by atoms with Crippen LogP contribution in [0.15, 0.2) is 54.6 Å². The van der Waals surface area contributed by atoms with E-state index in [0.29, 0.717) is 35.5 Å². The Morgan fingerprint density at radius 1 is 0.952 bits per heavy atom. The number of anilines is 2. The van der Waals surface area contributed by atoms with Crippen LogP contribution in [0.4, 0.5) is 16.3 Å². The number of hydrogen-bond acceptors (Lipinski definition) is 4. The van der Waals surface area contributed by atoms with Crippen LogP contribution in [0.3, 0.4) is 0 Å². The van der Waals surface area contributed by atoms with Crippen molar-refractivity contribution in [2.75, 3.05) is 23.7 Å². The predicted octanol–water partition coefficient (Wildman–Crippen LogP) is 7.74. The van der Waals surface area contributed by atoms with E-state index in [9.17, 15) is 9.59 Å². The minimum atomic E-state index is -0.340. The third-order valence-corrected chi connectivity index (χ3v) is 8.92. The van der Waals surface area contributed by atoms with Gasteiger partial charge in [0.05, 0.1) is 11.4 Å². The first-order valence-electron chi connectivity index (χ1n) is 15.8. The lowest BCUT2D eigenvalue weighted by atomic mass is 9.74. The third kappa shape index (κ3) is 7.49. The zero-order valence-corrected chi connectivity index (χ0v) is 25.7. The summed E-state index contributed by atoms with van der Waals surface area (Å²) < 4.78 is 1.78. The molecule has 3 N–H and O–H groups in total. The van der Waals surface area contributed by atoms with E-state index in [1.54, 1.807) is 4.68 Å². The van der Waals surface area contributed by atoms with Crippen LogP contribution in [0.5, 0.6) is 0 Å². The highest BCUT2D eigenvalue weighted by Gasteiger charge is 2.32. The molecule has 1 unspecified atom stereocenters. The molecular formula is C35H47N5O2. The topological polar surface area (TPSA) is 88.1 Å². The molecular weight excluding hydrogens is 522 g/mol. The second-order valence-electron chi connectivity index (χ2n) is 13.4. The fraction of sp³-hybridized carbons (Fsp3) is 0.514. The Bertz CT molecular complexity index is 1360. The van der Waals surface area contributed by atoms with E-state index in [4.69, 9.17) is 5.10 Å². The average molecular weight is 570 g/mol. The highest BCUT2D eigenvalue weighted by Crippen LogP contribution is 2.37. The molecule has 2 aliphatic rings. The molecule has 1 saturated heterocycles. The quantitative estimate of drug-likeness (QED) is 0.259. The van der Waals surface area contributed by atoms with E-state index in [1.807, 2.05) is 55.5 Å². The van der Waals surface area contributed by atoms with Crippen molar-refractivity contribution in [3.8, 4) is 5.69 Å². The van der Waals surface area contributed by atoms with Gasteiger partial charge in [-0.05, 0) is 74.5 Å². The minimum absolute atomic E-state index is 0.129. The Morgan fingerprint density at radius 2 is 1.67 bits per heavy atom. The van der Waals surface area contributed by atoms with Gasteiger partial charge in [-0.2, -0.15) is 5.10 Å². The van der Waals surface area contributed by atoms with Gasteiger partial charge >= 0.3 is 6.03 Å². The summed E-state index contributed by atoms with van der Waals surface area (Å²) in [5.41, 5.74) is 4.46. The molecule has 1 atom stereocenters. The number of hydrogen-bond donors (Lipinski definition) is 3. The van der Waals surface area contributed by atoms with Crippen molar-refractivity contribution in [2.24, 2.45) is 11.8 Å². The summed E-state index contributed by atoms with van der Waals surface area (Å²) in [6, 6.07) is 17.6. The summed E-state index contributed by atoms with van der Waals surface area (Å²) in [6.45, 7) is 10.3. The van der Waals surface area contributed by atoms with Crippen LogP contribution < -0.4 is 16.0 Å². The van der Waals surface area contributed by atoms with Gasteiger partial charge in [-0.3, -0.25) is 10.1 Å². The van der Waals surface area contributed by atoms with Crippen molar-refractivity contribution in [1.82, 2.24) is 15.1 Å². The van der Waals surface area contributed by atoms with Gasteiger partial charge in [0.15, 0.2) is 0 Å². The van der Waals surface area contributed by atoms with Crippen LogP contribution in [0.1, 0.15) is 94.9 Å². The number of ketones is 1. The first kappa shape index (κ1) is 30.0. The standard InChI is InChI=1S/C35H47N5O2/c1-24-13-15-29(16-14-24)40-32(23-31(39-40)35(2,3)4)38-34(42)37-28-12-8-11-27(22-28)33(26-17-19-36-20-18-26)30(41)21-25-9-6-5-7-10-25/h8,11-16,22-23,25-26,33,36H,5-7,9-10,17-21H2,1-4H3,(H2,37,38,42). The largest absolute Gasteiger partial charge is 0.324 e. The van der Waals surface area contributed by atoms with E-state index in [0.717, 1.165) is 48.4 Å². The molecule has 7 heteroatoms. The van der Waals surface area contributed by atoms with Gasteiger partial charge in [0.1, 0.15) is 11.6 Å². The zero-order valence-electron chi connectivity index (χ0n) is 25.7. The number of rotatable bonds is 8. The molecule has 0 bridgehead atoms. The molecule has 224 valence electrons.